The van der Waals surface area contributed by atoms with Crippen molar-refractivity contribution in [2.45, 2.75) is 6.42 Å². The molecule has 0 aliphatic heterocycles. The van der Waals surface area contributed by atoms with E-state index in [1.807, 2.05) is 0 Å². The molecule has 0 bridgehead atoms. The Kier molecular flexibility index (Phi) is 4.22. The molecule has 0 aromatic heterocycles. The maximum Gasteiger partial charge on any atom is 0.228 e. The Balaban J connectivity index is 1.88. The minimum Gasteiger partial charge on any atom is -0.352 e. The molecule has 2 atom stereocenters. The summed E-state index contributed by atoms with van der Waals surface area (Å²) in [5.41, 5.74) is 0.575. The lowest BCUT2D eigenvalue weighted by Gasteiger charge is -2.06. The average Bonchev–Trinajstić information content (AvgIpc) is 3.19. The van der Waals surface area contributed by atoms with Crippen molar-refractivity contribution in [3.8, 4) is 0 Å². The molecular formula is C14H15ClN2O2. The van der Waals surface area contributed by atoms with Gasteiger partial charge in [-0.25, -0.2) is 0 Å². The zero-order valence-electron chi connectivity index (χ0n) is 10.4. The Labute approximate surface area is 116 Å². The molecule has 1 aromatic carbocycles. The molecular weight excluding hydrogens is 264 g/mol. The summed E-state index contributed by atoms with van der Waals surface area (Å²) >= 11 is 5.96. The third-order valence-electron chi connectivity index (χ3n) is 3.02. The highest BCUT2D eigenvalue weighted by Crippen LogP contribution is 2.39. The number of rotatable bonds is 5. The van der Waals surface area contributed by atoms with Crippen LogP contribution in [0.2, 0.25) is 5.02 Å². The average molecular weight is 279 g/mol. The highest BCUT2D eigenvalue weighted by Gasteiger charge is 2.47. The zero-order chi connectivity index (χ0) is 13.8. The molecule has 2 rings (SSSR count). The summed E-state index contributed by atoms with van der Waals surface area (Å²) in [5, 5.41) is 5.92. The van der Waals surface area contributed by atoms with Gasteiger partial charge in [-0.1, -0.05) is 29.8 Å². The first-order valence-corrected chi connectivity index (χ1v) is 6.45. The van der Waals surface area contributed by atoms with Gasteiger partial charge in [-0.2, -0.15) is 0 Å². The molecule has 1 saturated carbocycles. The molecule has 1 aromatic rings. The van der Waals surface area contributed by atoms with E-state index in [2.05, 4.69) is 17.2 Å². The molecule has 0 spiro atoms. The topological polar surface area (TPSA) is 58.2 Å². The van der Waals surface area contributed by atoms with E-state index < -0.39 is 0 Å². The quantitative estimate of drug-likeness (QED) is 0.812. The van der Waals surface area contributed by atoms with E-state index in [1.54, 1.807) is 30.3 Å². The van der Waals surface area contributed by atoms with Crippen LogP contribution in [0.15, 0.2) is 36.9 Å². The molecule has 0 heterocycles. The number of para-hydroxylation sites is 1. The van der Waals surface area contributed by atoms with Crippen molar-refractivity contribution in [2.24, 2.45) is 11.8 Å². The van der Waals surface area contributed by atoms with Crippen molar-refractivity contribution < 1.29 is 9.59 Å². The van der Waals surface area contributed by atoms with Gasteiger partial charge < -0.3 is 10.6 Å². The van der Waals surface area contributed by atoms with Gasteiger partial charge in [-0.05, 0) is 18.6 Å². The van der Waals surface area contributed by atoms with Crippen molar-refractivity contribution >= 4 is 29.1 Å². The third kappa shape index (κ3) is 3.35. The van der Waals surface area contributed by atoms with E-state index in [0.29, 0.717) is 23.7 Å². The molecule has 2 N–H and O–H groups in total. The molecule has 0 radical (unpaired) electrons. The molecule has 1 aliphatic rings. The van der Waals surface area contributed by atoms with Gasteiger partial charge in [0.25, 0.3) is 0 Å². The maximum atomic E-state index is 11.9. The zero-order valence-corrected chi connectivity index (χ0v) is 11.1. The maximum absolute atomic E-state index is 11.9. The molecule has 19 heavy (non-hydrogen) atoms. The molecule has 0 saturated heterocycles. The fraction of sp³-hybridized carbons (Fsp3) is 0.286. The van der Waals surface area contributed by atoms with Crippen molar-refractivity contribution in [3.05, 3.63) is 41.9 Å². The van der Waals surface area contributed by atoms with Gasteiger partial charge in [0.15, 0.2) is 0 Å². The van der Waals surface area contributed by atoms with Crippen LogP contribution in [0.5, 0.6) is 0 Å². The summed E-state index contributed by atoms with van der Waals surface area (Å²) < 4.78 is 0. The molecule has 1 aliphatic carbocycles. The monoisotopic (exact) mass is 278 g/mol. The Morgan fingerprint density at radius 3 is 2.68 bits per heavy atom. The van der Waals surface area contributed by atoms with Gasteiger partial charge in [-0.3, -0.25) is 9.59 Å². The predicted molar refractivity (Wildman–Crippen MR) is 74.9 cm³/mol. The second kappa shape index (κ2) is 5.89. The normalized spacial score (nSPS) is 20.5. The summed E-state index contributed by atoms with van der Waals surface area (Å²) in [7, 11) is 0. The lowest BCUT2D eigenvalue weighted by molar-refractivity contribution is -0.125. The summed E-state index contributed by atoms with van der Waals surface area (Å²) in [4.78, 5) is 23.6. The first-order valence-electron chi connectivity index (χ1n) is 6.07. The highest BCUT2D eigenvalue weighted by molar-refractivity contribution is 6.33. The molecule has 100 valence electrons. The predicted octanol–water partition coefficient (Wildman–Crippen LogP) is 2.22. The summed E-state index contributed by atoms with van der Waals surface area (Å²) in [5.74, 6) is -0.755. The lowest BCUT2D eigenvalue weighted by Crippen LogP contribution is -2.27. The van der Waals surface area contributed by atoms with Crippen LogP contribution in [-0.2, 0) is 9.59 Å². The van der Waals surface area contributed by atoms with E-state index >= 15 is 0 Å². The number of halogens is 1. The van der Waals surface area contributed by atoms with Gasteiger partial charge in [-0.15, -0.1) is 6.58 Å². The lowest BCUT2D eigenvalue weighted by atomic mass is 10.2. The van der Waals surface area contributed by atoms with Gasteiger partial charge in [0, 0.05) is 6.54 Å². The SMILES string of the molecule is C=CCNC(=O)C1CC1C(=O)Nc1ccccc1Cl. The number of benzene rings is 1. The Hall–Kier alpha value is -1.81. The first kappa shape index (κ1) is 13.6. The van der Waals surface area contributed by atoms with Crippen LogP contribution in [0.25, 0.3) is 0 Å². The number of carbonyl (C=O) groups excluding carboxylic acids is 2. The van der Waals surface area contributed by atoms with Gasteiger partial charge in [0.05, 0.1) is 22.5 Å². The van der Waals surface area contributed by atoms with Crippen LogP contribution in [0, 0.1) is 11.8 Å². The fourth-order valence-corrected chi connectivity index (χ4v) is 2.05. The van der Waals surface area contributed by atoms with Crippen LogP contribution in [0.1, 0.15) is 6.42 Å². The molecule has 2 unspecified atom stereocenters. The van der Waals surface area contributed by atoms with Crippen molar-refractivity contribution in [2.75, 3.05) is 11.9 Å². The summed E-state index contributed by atoms with van der Waals surface area (Å²) in [6.07, 6.45) is 2.19. The third-order valence-corrected chi connectivity index (χ3v) is 3.35. The van der Waals surface area contributed by atoms with Crippen molar-refractivity contribution in [3.63, 3.8) is 0 Å². The van der Waals surface area contributed by atoms with Gasteiger partial charge in [0.1, 0.15) is 0 Å². The summed E-state index contributed by atoms with van der Waals surface area (Å²) in [6.45, 7) is 3.95. The number of amides is 2. The second-order valence-electron chi connectivity index (χ2n) is 4.45. The molecule has 2 amide bonds. The Morgan fingerprint density at radius 1 is 1.32 bits per heavy atom. The van der Waals surface area contributed by atoms with Gasteiger partial charge >= 0.3 is 0 Å². The van der Waals surface area contributed by atoms with E-state index in [9.17, 15) is 9.59 Å². The van der Waals surface area contributed by atoms with Crippen molar-refractivity contribution in [1.82, 2.24) is 5.32 Å². The largest absolute Gasteiger partial charge is 0.352 e. The highest BCUT2D eigenvalue weighted by atomic mass is 35.5. The van der Waals surface area contributed by atoms with Crippen LogP contribution >= 0.6 is 11.6 Å². The fourth-order valence-electron chi connectivity index (χ4n) is 1.87. The van der Waals surface area contributed by atoms with Crippen LogP contribution in [0.4, 0.5) is 5.69 Å². The number of nitrogens with one attached hydrogen (secondary N) is 2. The smallest absolute Gasteiger partial charge is 0.228 e. The van der Waals surface area contributed by atoms with Crippen molar-refractivity contribution in [1.29, 1.82) is 0 Å². The minimum absolute atomic E-state index is 0.0980. The van der Waals surface area contributed by atoms with Crippen LogP contribution in [-0.4, -0.2) is 18.4 Å². The summed E-state index contributed by atoms with van der Waals surface area (Å²) in [6, 6.07) is 7.02. The standard InChI is InChI=1S/C14H15ClN2O2/c1-2-7-16-13(18)9-8-10(9)14(19)17-12-6-4-3-5-11(12)15/h2-6,9-10H,1,7-8H2,(H,16,18)(H,17,19). The van der Waals surface area contributed by atoms with Crippen LogP contribution in [0.3, 0.4) is 0 Å². The Bertz CT molecular complexity index is 516. The van der Waals surface area contributed by atoms with E-state index in [0.717, 1.165) is 0 Å². The number of hydrogen-bond acceptors (Lipinski definition) is 2. The number of carbonyl (C=O) groups is 2. The second-order valence-corrected chi connectivity index (χ2v) is 4.86. The Morgan fingerprint density at radius 2 is 2.00 bits per heavy atom. The molecule has 5 heteroatoms. The molecule has 4 nitrogen and oxygen atoms in total. The number of hydrogen-bond donors (Lipinski definition) is 2. The van der Waals surface area contributed by atoms with E-state index in [1.165, 1.54) is 0 Å². The number of anilines is 1. The van der Waals surface area contributed by atoms with Crippen LogP contribution < -0.4 is 10.6 Å². The first-order chi connectivity index (χ1) is 9.13. The van der Waals surface area contributed by atoms with E-state index in [4.69, 9.17) is 11.6 Å². The van der Waals surface area contributed by atoms with Gasteiger partial charge in [0.2, 0.25) is 11.8 Å². The molecule has 1 fully saturated rings. The van der Waals surface area contributed by atoms with E-state index in [-0.39, 0.29) is 23.7 Å². The minimum atomic E-state index is -0.263.